The van der Waals surface area contributed by atoms with Crippen LogP contribution in [-0.4, -0.2) is 34.6 Å². The number of nitrogens with one attached hydrogen (secondary N) is 1. The molecular formula is C23H24N2O5S. The van der Waals surface area contributed by atoms with Gasteiger partial charge in [-0.15, -0.1) is 0 Å². The molecule has 3 aromatic carbocycles. The van der Waals surface area contributed by atoms with Crippen LogP contribution in [-0.2, 0) is 14.8 Å². The zero-order chi connectivity index (χ0) is 22.3. The highest BCUT2D eigenvalue weighted by Gasteiger charge is 2.27. The summed E-state index contributed by atoms with van der Waals surface area (Å²) in [5, 5.41) is 2.75. The van der Waals surface area contributed by atoms with Gasteiger partial charge in [0, 0.05) is 0 Å². The minimum Gasteiger partial charge on any atom is -0.497 e. The van der Waals surface area contributed by atoms with Crippen molar-refractivity contribution in [1.29, 1.82) is 0 Å². The summed E-state index contributed by atoms with van der Waals surface area (Å²) in [5.41, 5.74) is 0.819. The second-order valence-corrected chi connectivity index (χ2v) is 8.36. The quantitative estimate of drug-likeness (QED) is 0.545. The molecule has 0 aromatic heterocycles. The van der Waals surface area contributed by atoms with Crippen LogP contribution < -0.4 is 19.1 Å². The second-order valence-electron chi connectivity index (χ2n) is 6.50. The molecule has 0 saturated heterocycles. The van der Waals surface area contributed by atoms with Crippen molar-refractivity contribution in [3.8, 4) is 11.5 Å². The zero-order valence-electron chi connectivity index (χ0n) is 17.3. The molecule has 3 rings (SSSR count). The molecule has 162 valence electrons. The molecule has 8 heteroatoms. The number of benzene rings is 3. The topological polar surface area (TPSA) is 84.9 Å². The molecule has 0 atom stereocenters. The Morgan fingerprint density at radius 1 is 0.935 bits per heavy atom. The van der Waals surface area contributed by atoms with Gasteiger partial charge in [0.05, 0.1) is 30.0 Å². The van der Waals surface area contributed by atoms with E-state index in [4.69, 9.17) is 9.47 Å². The summed E-state index contributed by atoms with van der Waals surface area (Å²) in [5.74, 6) is 0.596. The minimum atomic E-state index is -3.98. The van der Waals surface area contributed by atoms with Gasteiger partial charge >= 0.3 is 0 Å². The molecule has 0 saturated carbocycles. The predicted octanol–water partition coefficient (Wildman–Crippen LogP) is 3.93. The van der Waals surface area contributed by atoms with Crippen molar-refractivity contribution in [3.05, 3.63) is 78.9 Å². The molecule has 0 aliphatic carbocycles. The smallest absolute Gasteiger partial charge is 0.264 e. The fourth-order valence-electron chi connectivity index (χ4n) is 2.95. The van der Waals surface area contributed by atoms with Gasteiger partial charge in [0.1, 0.15) is 18.0 Å². The molecule has 7 nitrogen and oxygen atoms in total. The predicted molar refractivity (Wildman–Crippen MR) is 120 cm³/mol. The summed E-state index contributed by atoms with van der Waals surface area (Å²) in [6.45, 7) is 1.87. The van der Waals surface area contributed by atoms with Crippen molar-refractivity contribution in [2.45, 2.75) is 11.8 Å². The van der Waals surface area contributed by atoms with Gasteiger partial charge in [-0.05, 0) is 55.5 Å². The lowest BCUT2D eigenvalue weighted by Crippen LogP contribution is -2.38. The highest BCUT2D eigenvalue weighted by Crippen LogP contribution is 2.27. The van der Waals surface area contributed by atoms with Gasteiger partial charge in [-0.1, -0.05) is 30.3 Å². The normalized spacial score (nSPS) is 10.9. The van der Waals surface area contributed by atoms with Gasteiger partial charge in [-0.2, -0.15) is 0 Å². The molecule has 1 N–H and O–H groups in total. The average molecular weight is 441 g/mol. The van der Waals surface area contributed by atoms with Crippen molar-refractivity contribution in [2.24, 2.45) is 0 Å². The van der Waals surface area contributed by atoms with E-state index in [2.05, 4.69) is 5.32 Å². The lowest BCUT2D eigenvalue weighted by Gasteiger charge is -2.24. The number of methoxy groups -OCH3 is 1. The molecule has 0 spiro atoms. The Hall–Kier alpha value is -3.52. The summed E-state index contributed by atoms with van der Waals surface area (Å²) >= 11 is 0. The second kappa shape index (κ2) is 9.99. The summed E-state index contributed by atoms with van der Waals surface area (Å²) < 4.78 is 38.4. The van der Waals surface area contributed by atoms with Crippen molar-refractivity contribution >= 4 is 27.3 Å². The number of carbonyl (C=O) groups is 1. The fraction of sp³-hybridized carbons (Fsp3) is 0.174. The molecule has 1 amide bonds. The van der Waals surface area contributed by atoms with Gasteiger partial charge < -0.3 is 14.8 Å². The van der Waals surface area contributed by atoms with E-state index in [9.17, 15) is 13.2 Å². The van der Waals surface area contributed by atoms with Gasteiger partial charge in [0.2, 0.25) is 5.91 Å². The maximum Gasteiger partial charge on any atom is 0.264 e. The van der Waals surface area contributed by atoms with E-state index >= 15 is 0 Å². The number of hydrogen-bond acceptors (Lipinski definition) is 5. The maximum absolute atomic E-state index is 13.3. The van der Waals surface area contributed by atoms with E-state index in [1.54, 1.807) is 66.7 Å². The molecule has 0 fully saturated rings. The van der Waals surface area contributed by atoms with Crippen LogP contribution in [0.4, 0.5) is 11.4 Å². The van der Waals surface area contributed by atoms with Crippen molar-refractivity contribution in [1.82, 2.24) is 0 Å². The lowest BCUT2D eigenvalue weighted by atomic mass is 10.3. The van der Waals surface area contributed by atoms with Crippen molar-refractivity contribution in [3.63, 3.8) is 0 Å². The number of ether oxygens (including phenoxy) is 2. The molecule has 31 heavy (non-hydrogen) atoms. The number of rotatable bonds is 9. The maximum atomic E-state index is 13.3. The number of para-hydroxylation sites is 2. The van der Waals surface area contributed by atoms with Crippen molar-refractivity contribution < 1.29 is 22.7 Å². The molecule has 0 heterocycles. The highest BCUT2D eigenvalue weighted by molar-refractivity contribution is 7.92. The lowest BCUT2D eigenvalue weighted by molar-refractivity contribution is -0.114. The Balaban J connectivity index is 1.92. The van der Waals surface area contributed by atoms with Crippen LogP contribution in [0.5, 0.6) is 11.5 Å². The largest absolute Gasteiger partial charge is 0.497 e. The zero-order valence-corrected chi connectivity index (χ0v) is 18.1. The number of hydrogen-bond donors (Lipinski definition) is 1. The van der Waals surface area contributed by atoms with Crippen LogP contribution in [0, 0.1) is 0 Å². The molecule has 0 bridgehead atoms. The first-order valence-electron chi connectivity index (χ1n) is 9.69. The monoisotopic (exact) mass is 440 g/mol. The molecule has 3 aromatic rings. The molecule has 0 radical (unpaired) electrons. The standard InChI is InChI=1S/C23H24N2O5S/c1-3-30-22-12-8-7-11-21(22)24-23(26)17-25(18-13-15-19(29-2)16-14-18)31(27,28)20-9-5-4-6-10-20/h4-16H,3,17H2,1-2H3,(H,24,26). The first kappa shape index (κ1) is 22.2. The van der Waals surface area contributed by atoms with Gasteiger partial charge in [0.25, 0.3) is 10.0 Å². The van der Waals surface area contributed by atoms with Crippen LogP contribution in [0.3, 0.4) is 0 Å². The third-order valence-electron chi connectivity index (χ3n) is 4.44. The molecule has 0 unspecified atom stereocenters. The average Bonchev–Trinajstić information content (AvgIpc) is 2.79. The Labute approximate surface area is 182 Å². The molecular weight excluding hydrogens is 416 g/mol. The van der Waals surface area contributed by atoms with Crippen LogP contribution >= 0.6 is 0 Å². The van der Waals surface area contributed by atoms with Crippen LogP contribution in [0.1, 0.15) is 6.92 Å². The molecule has 0 aliphatic rings. The van der Waals surface area contributed by atoms with Gasteiger partial charge in [-0.3, -0.25) is 9.10 Å². The SMILES string of the molecule is CCOc1ccccc1NC(=O)CN(c1ccc(OC)cc1)S(=O)(=O)c1ccccc1. The summed E-state index contributed by atoms with van der Waals surface area (Å²) in [4.78, 5) is 12.9. The van der Waals surface area contributed by atoms with E-state index in [-0.39, 0.29) is 4.90 Å². The Morgan fingerprint density at radius 2 is 1.58 bits per heavy atom. The van der Waals surface area contributed by atoms with Gasteiger partial charge in [0.15, 0.2) is 0 Å². The number of carbonyl (C=O) groups excluding carboxylic acids is 1. The van der Waals surface area contributed by atoms with Gasteiger partial charge in [-0.25, -0.2) is 8.42 Å². The number of nitrogens with zero attached hydrogens (tertiary/aromatic N) is 1. The fourth-order valence-corrected chi connectivity index (χ4v) is 4.40. The Kier molecular flexibility index (Phi) is 7.15. The van der Waals surface area contributed by atoms with Crippen molar-refractivity contribution in [2.75, 3.05) is 29.9 Å². The Morgan fingerprint density at radius 3 is 2.23 bits per heavy atom. The number of anilines is 2. The third kappa shape index (κ3) is 5.35. The summed E-state index contributed by atoms with van der Waals surface area (Å²) in [7, 11) is -2.46. The van der Waals surface area contributed by atoms with E-state index < -0.39 is 22.5 Å². The van der Waals surface area contributed by atoms with E-state index in [1.165, 1.54) is 19.2 Å². The van der Waals surface area contributed by atoms with E-state index in [0.29, 0.717) is 29.5 Å². The van der Waals surface area contributed by atoms with E-state index in [0.717, 1.165) is 4.31 Å². The summed E-state index contributed by atoms with van der Waals surface area (Å²) in [6.07, 6.45) is 0. The van der Waals surface area contributed by atoms with Crippen LogP contribution in [0.2, 0.25) is 0 Å². The third-order valence-corrected chi connectivity index (χ3v) is 6.23. The minimum absolute atomic E-state index is 0.0911. The summed E-state index contributed by atoms with van der Waals surface area (Å²) in [6, 6.07) is 21.5. The van der Waals surface area contributed by atoms with E-state index in [1.807, 2.05) is 6.92 Å². The number of amides is 1. The van der Waals surface area contributed by atoms with Crippen LogP contribution in [0.25, 0.3) is 0 Å². The first-order chi connectivity index (χ1) is 15.0. The molecule has 0 aliphatic heterocycles. The highest BCUT2D eigenvalue weighted by atomic mass is 32.2. The van der Waals surface area contributed by atoms with Crippen LogP contribution in [0.15, 0.2) is 83.8 Å². The first-order valence-corrected chi connectivity index (χ1v) is 11.1. The number of sulfonamides is 1. The Bertz CT molecular complexity index is 1120.